The quantitative estimate of drug-likeness (QED) is 0.321. The Morgan fingerprint density at radius 3 is 0.870 bits per heavy atom. The van der Waals surface area contributed by atoms with Crippen molar-refractivity contribution in [2.45, 2.75) is 0 Å². The van der Waals surface area contributed by atoms with Crippen molar-refractivity contribution in [1.29, 1.82) is 0 Å². The topological polar surface area (TPSA) is 240 Å². The van der Waals surface area contributed by atoms with Crippen molar-refractivity contribution in [1.82, 2.24) is 22.1 Å². The third-order valence-electron chi connectivity index (χ3n) is 2.14. The molecule has 8 N–H and O–H groups in total. The van der Waals surface area contributed by atoms with E-state index in [9.17, 15) is 39.6 Å². The number of rotatable bonds is 11. The maximum absolute atomic E-state index is 10.4. The van der Waals surface area contributed by atoms with E-state index in [1.165, 1.54) is 0 Å². The van der Waals surface area contributed by atoms with Gasteiger partial charge in [0.15, 0.2) is 0 Å². The van der Waals surface area contributed by atoms with Gasteiger partial charge in [-0.25, -0.2) is 0 Å². The molecule has 0 aliphatic rings. The van der Waals surface area contributed by atoms with Gasteiger partial charge in [-0.2, -0.15) is 0 Å². The van der Waals surface area contributed by atoms with E-state index >= 15 is 0 Å². The summed E-state index contributed by atoms with van der Waals surface area (Å²) in [6.07, 6.45) is 0. The van der Waals surface area contributed by atoms with Crippen molar-refractivity contribution in [3.8, 4) is 0 Å². The molecule has 0 saturated heterocycles. The van der Waals surface area contributed by atoms with Crippen LogP contribution in [0.5, 0.6) is 0 Å². The number of hydrogen-bond donors (Lipinski definition) is 2. The van der Waals surface area contributed by atoms with Crippen LogP contribution < -0.4 is 32.7 Å². The number of carboxylic acid groups (broad SMARTS) is 4. The molecule has 23 heavy (non-hydrogen) atoms. The number of carboxylic acids is 4. The maximum atomic E-state index is 10.4. The summed E-state index contributed by atoms with van der Waals surface area (Å²) in [4.78, 5) is 43.4. The summed E-state index contributed by atoms with van der Waals surface area (Å²) >= 11 is 0. The van der Waals surface area contributed by atoms with E-state index in [0.29, 0.717) is 0 Å². The minimum Gasteiger partial charge on any atom is -0.549 e. The van der Waals surface area contributed by atoms with Crippen molar-refractivity contribution in [3.63, 3.8) is 0 Å². The maximum Gasteiger partial charge on any atom is 2.00 e. The van der Waals surface area contributed by atoms with Crippen molar-refractivity contribution < 1.29 is 56.7 Å². The first kappa shape index (κ1) is 29.3. The van der Waals surface area contributed by atoms with E-state index in [1.54, 1.807) is 0 Å². The predicted molar refractivity (Wildman–Crippen MR) is 64.9 cm³/mol. The van der Waals surface area contributed by atoms with Crippen molar-refractivity contribution in [2.24, 2.45) is 0 Å². The van der Waals surface area contributed by atoms with Gasteiger partial charge in [0.1, 0.15) is 0 Å². The summed E-state index contributed by atoms with van der Waals surface area (Å²) in [5, 5.41) is 41.6. The number of nitrogens with zero attached hydrogens (tertiary/aromatic N) is 2. The zero-order chi connectivity index (χ0) is 15.7. The van der Waals surface area contributed by atoms with Gasteiger partial charge < -0.3 is 51.9 Å². The number of quaternary nitrogens is 2. The fraction of sp³-hybridized carbons (Fsp3) is 0.600. The molecule has 0 fully saturated rings. The molecular formula is C10H20MnN4O8. The average molecular weight is 379 g/mol. The molecule has 135 valence electrons. The van der Waals surface area contributed by atoms with Crippen molar-refractivity contribution in [2.75, 3.05) is 39.3 Å². The molecule has 13 heteroatoms. The second kappa shape index (κ2) is 15.1. The van der Waals surface area contributed by atoms with Crippen molar-refractivity contribution in [3.05, 3.63) is 0 Å². The third kappa shape index (κ3) is 18.2. The van der Waals surface area contributed by atoms with Gasteiger partial charge in [0.05, 0.1) is 23.9 Å². The van der Waals surface area contributed by atoms with Gasteiger partial charge >= 0.3 is 17.1 Å². The molecule has 0 bridgehead atoms. The largest absolute Gasteiger partial charge is 2.00 e. The first-order valence-corrected chi connectivity index (χ1v) is 5.44. The van der Waals surface area contributed by atoms with Crippen molar-refractivity contribution >= 4 is 23.9 Å². The summed E-state index contributed by atoms with van der Waals surface area (Å²) in [7, 11) is 0. The molecular weight excluding hydrogens is 359 g/mol. The fourth-order valence-corrected chi connectivity index (χ4v) is 1.44. The molecule has 0 aromatic rings. The molecule has 1 radical (unpaired) electrons. The van der Waals surface area contributed by atoms with Crippen LogP contribution in [0.1, 0.15) is 0 Å². The normalized spacial score (nSPS) is 9.30. The van der Waals surface area contributed by atoms with Crippen LogP contribution in [0.4, 0.5) is 0 Å². The van der Waals surface area contributed by atoms with E-state index in [0.717, 1.165) is 9.80 Å². The van der Waals surface area contributed by atoms with Crippen LogP contribution in [0.15, 0.2) is 0 Å². The van der Waals surface area contributed by atoms with Crippen LogP contribution >= 0.6 is 0 Å². The summed E-state index contributed by atoms with van der Waals surface area (Å²) in [5.41, 5.74) is 0. The molecule has 0 aromatic heterocycles. The second-order valence-corrected chi connectivity index (χ2v) is 3.91. The standard InChI is InChI=1S/C10H16N2O8.Mn.2H3N/c13-7(14)3-11(4-8(15)16)1-2-12(5-9(17)18)6-10(19)20;;;/h1-6H2,(H,13,14)(H,15,16)(H,17,18)(H,19,20);;2*1H3/q;+2;;/p-2. The van der Waals surface area contributed by atoms with Gasteiger partial charge in [-0.3, -0.25) is 9.80 Å². The first-order chi connectivity index (χ1) is 9.20. The SMILES string of the molecule is O=C([O-])CN(CCN(CC(=O)[O-])CC(=O)[O-])CC(=O)[O-].[Mn+2].[NH4+].[NH4+]. The summed E-state index contributed by atoms with van der Waals surface area (Å²) in [5.74, 6) is -6.12. The molecule has 0 aliphatic heterocycles. The molecule has 0 aliphatic carbocycles. The molecule has 0 amide bonds. The van der Waals surface area contributed by atoms with Gasteiger partial charge in [-0.05, 0) is 0 Å². The van der Waals surface area contributed by atoms with Crippen LogP contribution in [-0.4, -0.2) is 72.9 Å². The van der Waals surface area contributed by atoms with Crippen LogP contribution in [0, 0.1) is 0 Å². The number of hydrogen-bond acceptors (Lipinski definition) is 10. The Kier molecular flexibility index (Phi) is 19.3. The zero-order valence-corrected chi connectivity index (χ0v) is 14.0. The Hall–Kier alpha value is -1.76. The molecule has 0 atom stereocenters. The van der Waals surface area contributed by atoms with Gasteiger partial charge in [-0.1, -0.05) is 0 Å². The van der Waals surface area contributed by atoms with Gasteiger partial charge in [0, 0.05) is 39.3 Å². The summed E-state index contributed by atoms with van der Waals surface area (Å²) < 4.78 is 0. The molecule has 0 rings (SSSR count). The molecule has 12 nitrogen and oxygen atoms in total. The van der Waals surface area contributed by atoms with Crippen LogP contribution in [0.25, 0.3) is 0 Å². The Morgan fingerprint density at radius 2 is 0.739 bits per heavy atom. The number of carbonyl (C=O) groups is 4. The van der Waals surface area contributed by atoms with Gasteiger partial charge in [-0.15, -0.1) is 0 Å². The zero-order valence-electron chi connectivity index (χ0n) is 12.8. The van der Waals surface area contributed by atoms with E-state index in [4.69, 9.17) is 0 Å². The van der Waals surface area contributed by atoms with Gasteiger partial charge in [0.25, 0.3) is 0 Å². The van der Waals surface area contributed by atoms with E-state index in [-0.39, 0.29) is 42.5 Å². The Bertz CT molecular complexity index is 327. The van der Waals surface area contributed by atoms with Crippen LogP contribution in [0.2, 0.25) is 0 Å². The third-order valence-corrected chi connectivity index (χ3v) is 2.14. The predicted octanol–water partition coefficient (Wildman–Crippen LogP) is -6.66. The van der Waals surface area contributed by atoms with E-state index in [1.807, 2.05) is 0 Å². The summed E-state index contributed by atoms with van der Waals surface area (Å²) in [6.45, 7) is -3.25. The van der Waals surface area contributed by atoms with E-state index in [2.05, 4.69) is 0 Å². The Morgan fingerprint density at radius 1 is 0.565 bits per heavy atom. The first-order valence-electron chi connectivity index (χ1n) is 5.44. The molecule has 0 unspecified atom stereocenters. The minimum absolute atomic E-state index is 0. The van der Waals surface area contributed by atoms with E-state index < -0.39 is 50.1 Å². The molecule has 0 saturated carbocycles. The monoisotopic (exact) mass is 379 g/mol. The minimum atomic E-state index is -1.53. The summed E-state index contributed by atoms with van der Waals surface area (Å²) in [6, 6.07) is 0. The number of carbonyl (C=O) groups excluding carboxylic acids is 4. The second-order valence-electron chi connectivity index (χ2n) is 3.91. The molecule has 0 spiro atoms. The van der Waals surface area contributed by atoms with Gasteiger partial charge in [0.2, 0.25) is 0 Å². The van der Waals surface area contributed by atoms with Crippen LogP contribution in [0.3, 0.4) is 0 Å². The fourth-order valence-electron chi connectivity index (χ4n) is 1.44. The Labute approximate surface area is 142 Å². The average Bonchev–Trinajstić information content (AvgIpc) is 2.22. The molecule has 0 aromatic carbocycles. The Balaban J connectivity index is -0.000000602. The smallest absolute Gasteiger partial charge is 0.549 e. The number of aliphatic carboxylic acids is 4. The van der Waals surface area contributed by atoms with Crippen LogP contribution in [-0.2, 0) is 36.2 Å². The molecule has 0 heterocycles.